The third-order valence-corrected chi connectivity index (χ3v) is 2.11. The number of benzene rings is 1. The standard InChI is InChI=1S/C10H11FO2/c1-6-3-7(11)10(9-5-13-9)8(4-6)12-2/h3-4,9H,5H2,1-2H3/t9-/m1/s1. The van der Waals surface area contributed by atoms with Crippen LogP contribution in [-0.4, -0.2) is 13.7 Å². The first-order chi connectivity index (χ1) is 6.22. The van der Waals surface area contributed by atoms with E-state index in [9.17, 15) is 4.39 Å². The average molecular weight is 182 g/mol. The normalized spacial score (nSPS) is 20.1. The molecule has 3 heteroatoms. The fraction of sp³-hybridized carbons (Fsp3) is 0.400. The highest BCUT2D eigenvalue weighted by Crippen LogP contribution is 2.38. The van der Waals surface area contributed by atoms with E-state index in [2.05, 4.69) is 0 Å². The first-order valence-corrected chi connectivity index (χ1v) is 4.18. The SMILES string of the molecule is COc1cc(C)cc(F)c1[C@H]1CO1. The highest BCUT2D eigenvalue weighted by Gasteiger charge is 2.31. The number of halogens is 1. The Morgan fingerprint density at radius 2 is 2.23 bits per heavy atom. The van der Waals surface area contributed by atoms with Gasteiger partial charge in [0.25, 0.3) is 0 Å². The predicted octanol–water partition coefficient (Wildman–Crippen LogP) is 2.21. The number of methoxy groups -OCH3 is 1. The van der Waals surface area contributed by atoms with Crippen molar-refractivity contribution >= 4 is 0 Å². The van der Waals surface area contributed by atoms with Crippen molar-refractivity contribution in [2.24, 2.45) is 0 Å². The maximum atomic E-state index is 13.4. The van der Waals surface area contributed by atoms with E-state index in [4.69, 9.17) is 9.47 Å². The van der Waals surface area contributed by atoms with Gasteiger partial charge in [0.05, 0.1) is 19.3 Å². The summed E-state index contributed by atoms with van der Waals surface area (Å²) in [6.45, 7) is 2.43. The van der Waals surface area contributed by atoms with Crippen LogP contribution in [0.3, 0.4) is 0 Å². The van der Waals surface area contributed by atoms with Gasteiger partial charge in [-0.05, 0) is 24.6 Å². The summed E-state index contributed by atoms with van der Waals surface area (Å²) in [4.78, 5) is 0. The molecule has 1 saturated heterocycles. The minimum absolute atomic E-state index is 0.101. The third-order valence-electron chi connectivity index (χ3n) is 2.11. The molecule has 2 rings (SSSR count). The lowest BCUT2D eigenvalue weighted by Crippen LogP contribution is -1.96. The lowest BCUT2D eigenvalue weighted by molar-refractivity contribution is 0.374. The third kappa shape index (κ3) is 1.52. The number of hydrogen-bond acceptors (Lipinski definition) is 2. The molecule has 2 nitrogen and oxygen atoms in total. The van der Waals surface area contributed by atoms with Gasteiger partial charge in [0.2, 0.25) is 0 Å². The molecule has 1 aliphatic rings. The van der Waals surface area contributed by atoms with Gasteiger partial charge in [-0.1, -0.05) is 0 Å². The van der Waals surface area contributed by atoms with Gasteiger partial charge < -0.3 is 9.47 Å². The molecule has 0 unspecified atom stereocenters. The van der Waals surface area contributed by atoms with Crippen LogP contribution in [0.5, 0.6) is 5.75 Å². The molecule has 0 saturated carbocycles. The Bertz CT molecular complexity index is 332. The van der Waals surface area contributed by atoms with Crippen molar-refractivity contribution in [3.05, 3.63) is 29.1 Å². The van der Waals surface area contributed by atoms with Gasteiger partial charge in [-0.3, -0.25) is 0 Å². The lowest BCUT2D eigenvalue weighted by atomic mass is 10.1. The Morgan fingerprint density at radius 1 is 1.54 bits per heavy atom. The summed E-state index contributed by atoms with van der Waals surface area (Å²) in [7, 11) is 1.54. The second-order valence-electron chi connectivity index (χ2n) is 3.18. The maximum absolute atomic E-state index is 13.4. The van der Waals surface area contributed by atoms with E-state index in [0.717, 1.165) is 5.56 Å². The van der Waals surface area contributed by atoms with E-state index in [1.807, 2.05) is 13.0 Å². The maximum Gasteiger partial charge on any atom is 0.133 e. The average Bonchev–Trinajstić information content (AvgIpc) is 2.86. The Balaban J connectivity index is 2.50. The molecule has 0 N–H and O–H groups in total. The molecule has 0 aromatic heterocycles. The number of aryl methyl sites for hydroxylation is 1. The molecule has 0 amide bonds. The zero-order chi connectivity index (χ0) is 9.42. The topological polar surface area (TPSA) is 21.8 Å². The van der Waals surface area contributed by atoms with Crippen molar-refractivity contribution in [2.45, 2.75) is 13.0 Å². The van der Waals surface area contributed by atoms with Crippen molar-refractivity contribution in [1.29, 1.82) is 0 Å². The molecule has 70 valence electrons. The quantitative estimate of drug-likeness (QED) is 0.654. The molecule has 0 aliphatic carbocycles. The van der Waals surface area contributed by atoms with Crippen LogP contribution in [0.15, 0.2) is 12.1 Å². The fourth-order valence-corrected chi connectivity index (χ4v) is 1.42. The van der Waals surface area contributed by atoms with Gasteiger partial charge in [0.15, 0.2) is 0 Å². The summed E-state index contributed by atoms with van der Waals surface area (Å²) in [6.07, 6.45) is -0.101. The van der Waals surface area contributed by atoms with Gasteiger partial charge in [-0.25, -0.2) is 4.39 Å². The van der Waals surface area contributed by atoms with Crippen LogP contribution in [0.25, 0.3) is 0 Å². The second-order valence-corrected chi connectivity index (χ2v) is 3.18. The van der Waals surface area contributed by atoms with Gasteiger partial charge in [-0.2, -0.15) is 0 Å². The van der Waals surface area contributed by atoms with E-state index >= 15 is 0 Å². The molecule has 13 heavy (non-hydrogen) atoms. The van der Waals surface area contributed by atoms with E-state index in [1.165, 1.54) is 6.07 Å². The van der Waals surface area contributed by atoms with E-state index in [-0.39, 0.29) is 11.9 Å². The molecule has 1 aliphatic heterocycles. The minimum atomic E-state index is -0.237. The molecule has 0 spiro atoms. The van der Waals surface area contributed by atoms with Crippen LogP contribution in [0.2, 0.25) is 0 Å². The van der Waals surface area contributed by atoms with Crippen molar-refractivity contribution < 1.29 is 13.9 Å². The van der Waals surface area contributed by atoms with Crippen molar-refractivity contribution in [2.75, 3.05) is 13.7 Å². The molecule has 0 bridgehead atoms. The number of epoxide rings is 1. The van der Waals surface area contributed by atoms with Gasteiger partial charge in [0.1, 0.15) is 17.7 Å². The molecular formula is C10H11FO2. The monoisotopic (exact) mass is 182 g/mol. The smallest absolute Gasteiger partial charge is 0.133 e. The summed E-state index contributed by atoms with van der Waals surface area (Å²) >= 11 is 0. The lowest BCUT2D eigenvalue weighted by Gasteiger charge is -2.08. The van der Waals surface area contributed by atoms with Crippen LogP contribution in [0.4, 0.5) is 4.39 Å². The van der Waals surface area contributed by atoms with E-state index in [0.29, 0.717) is 17.9 Å². The minimum Gasteiger partial charge on any atom is -0.496 e. The molecule has 1 atom stereocenters. The Morgan fingerprint density at radius 3 is 2.77 bits per heavy atom. The summed E-state index contributed by atoms with van der Waals surface area (Å²) in [5, 5.41) is 0. The molecule has 1 heterocycles. The van der Waals surface area contributed by atoms with Crippen LogP contribution in [-0.2, 0) is 4.74 Å². The molecular weight excluding hydrogens is 171 g/mol. The summed E-state index contributed by atoms with van der Waals surface area (Å²) in [5.41, 5.74) is 1.41. The first-order valence-electron chi connectivity index (χ1n) is 4.18. The van der Waals surface area contributed by atoms with Crippen LogP contribution in [0.1, 0.15) is 17.2 Å². The predicted molar refractivity (Wildman–Crippen MR) is 46.4 cm³/mol. The highest BCUT2D eigenvalue weighted by molar-refractivity contribution is 5.41. The second kappa shape index (κ2) is 3.00. The summed E-state index contributed by atoms with van der Waals surface area (Å²) < 4.78 is 23.6. The largest absolute Gasteiger partial charge is 0.496 e. The Hall–Kier alpha value is -1.09. The molecule has 1 fully saturated rings. The van der Waals surface area contributed by atoms with Crippen molar-refractivity contribution in [3.8, 4) is 5.75 Å². The summed E-state index contributed by atoms with van der Waals surface area (Å²) in [5.74, 6) is 0.347. The Labute approximate surface area is 76.3 Å². The fourth-order valence-electron chi connectivity index (χ4n) is 1.42. The van der Waals surface area contributed by atoms with Gasteiger partial charge in [-0.15, -0.1) is 0 Å². The zero-order valence-electron chi connectivity index (χ0n) is 7.63. The Kier molecular flexibility index (Phi) is 1.96. The van der Waals surface area contributed by atoms with Crippen LogP contribution in [0, 0.1) is 12.7 Å². The molecule has 1 aromatic carbocycles. The van der Waals surface area contributed by atoms with E-state index in [1.54, 1.807) is 7.11 Å². The molecule has 1 aromatic rings. The van der Waals surface area contributed by atoms with Gasteiger partial charge >= 0.3 is 0 Å². The number of hydrogen-bond donors (Lipinski definition) is 0. The molecule has 0 radical (unpaired) electrons. The zero-order valence-corrected chi connectivity index (χ0v) is 7.63. The van der Waals surface area contributed by atoms with Crippen LogP contribution >= 0.6 is 0 Å². The van der Waals surface area contributed by atoms with Gasteiger partial charge in [0, 0.05) is 0 Å². The summed E-state index contributed by atoms with van der Waals surface area (Å²) in [6, 6.07) is 3.32. The van der Waals surface area contributed by atoms with Crippen molar-refractivity contribution in [1.82, 2.24) is 0 Å². The van der Waals surface area contributed by atoms with Crippen molar-refractivity contribution in [3.63, 3.8) is 0 Å². The highest BCUT2D eigenvalue weighted by atomic mass is 19.1. The van der Waals surface area contributed by atoms with E-state index < -0.39 is 0 Å². The van der Waals surface area contributed by atoms with Crippen LogP contribution < -0.4 is 4.74 Å². The number of ether oxygens (including phenoxy) is 2. The first kappa shape index (κ1) is 8.51. The number of rotatable bonds is 2.